The van der Waals surface area contributed by atoms with E-state index in [1.165, 1.54) is 12.8 Å². The molecule has 0 saturated heterocycles. The normalized spacial score (nSPS) is 26.3. The predicted molar refractivity (Wildman–Crippen MR) is 149 cm³/mol. The highest BCUT2D eigenvalue weighted by molar-refractivity contribution is 6.01. The van der Waals surface area contributed by atoms with E-state index in [4.69, 9.17) is 15.2 Å². The molecule has 1 aromatic heterocycles. The number of nitrogens with one attached hydrogen (secondary N) is 1. The molecule has 2 bridgehead atoms. The van der Waals surface area contributed by atoms with E-state index in [1.54, 1.807) is 0 Å². The van der Waals surface area contributed by atoms with Crippen LogP contribution in [0.1, 0.15) is 72.3 Å². The molecular formula is C31H39N3O3. The van der Waals surface area contributed by atoms with Gasteiger partial charge in [0, 0.05) is 39.6 Å². The molecule has 0 spiro atoms. The number of aromatic nitrogens is 1. The van der Waals surface area contributed by atoms with E-state index in [0.717, 1.165) is 65.0 Å². The highest BCUT2D eigenvalue weighted by Gasteiger charge is 2.61. The molecule has 1 heterocycles. The quantitative estimate of drug-likeness (QED) is 0.361. The number of hydrogen-bond donors (Lipinski definition) is 2. The largest absolute Gasteiger partial charge is 0.494 e. The second kappa shape index (κ2) is 8.71. The van der Waals surface area contributed by atoms with Gasteiger partial charge in [0.05, 0.1) is 23.5 Å². The Hall–Kier alpha value is -3.15. The van der Waals surface area contributed by atoms with Gasteiger partial charge in [0.2, 0.25) is 0 Å². The lowest BCUT2D eigenvalue weighted by Gasteiger charge is -2.41. The van der Waals surface area contributed by atoms with Gasteiger partial charge in [-0.1, -0.05) is 32.9 Å². The number of ether oxygens (including phenoxy) is 2. The number of anilines is 2. The number of amides is 1. The average Bonchev–Trinajstić information content (AvgIpc) is 3.42. The molecule has 6 heteroatoms. The van der Waals surface area contributed by atoms with Crippen molar-refractivity contribution in [1.29, 1.82) is 0 Å². The SMILES string of the molecule is CCOc1ccc2c(N)c(-c3ccc(NC(=O)OC4C5(C)CCC(C5)C4(C)C)cc3)n(C3CCC3)c2c1. The molecule has 37 heavy (non-hydrogen) atoms. The fraction of sp³-hybridized carbons (Fsp3) is 0.516. The van der Waals surface area contributed by atoms with E-state index in [0.29, 0.717) is 18.6 Å². The fourth-order valence-electron chi connectivity index (χ4n) is 7.41. The monoisotopic (exact) mass is 501 g/mol. The van der Waals surface area contributed by atoms with Crippen molar-refractivity contribution in [3.8, 4) is 17.0 Å². The molecule has 0 aliphatic heterocycles. The first-order valence-corrected chi connectivity index (χ1v) is 13.9. The standard InChI is InChI=1S/C31H39N3O3/c1-5-36-23-13-14-24-25(17-23)34(22-7-6-8-22)27(26(24)32)19-9-11-21(12-10-19)33-29(35)37-28-30(2,3)20-15-16-31(28,4)18-20/h9-14,17,20,22,28H,5-8,15-16,18,32H2,1-4H3,(H,33,35). The Bertz CT molecular complexity index is 1330. The summed E-state index contributed by atoms with van der Waals surface area (Å²) in [7, 11) is 0. The van der Waals surface area contributed by atoms with Gasteiger partial charge < -0.3 is 19.8 Å². The highest BCUT2D eigenvalue weighted by Crippen LogP contribution is 2.63. The zero-order chi connectivity index (χ0) is 25.9. The summed E-state index contributed by atoms with van der Waals surface area (Å²) >= 11 is 0. The van der Waals surface area contributed by atoms with Crippen LogP contribution in [0.3, 0.4) is 0 Å². The van der Waals surface area contributed by atoms with Crippen LogP contribution in [0.2, 0.25) is 0 Å². The molecule has 3 saturated carbocycles. The molecule has 3 aromatic rings. The third-order valence-electron chi connectivity index (χ3n) is 9.53. The Morgan fingerprint density at radius 1 is 1.11 bits per heavy atom. The number of carbonyl (C=O) groups excluding carboxylic acids is 1. The molecule has 3 aliphatic rings. The minimum atomic E-state index is -0.369. The summed E-state index contributed by atoms with van der Waals surface area (Å²) in [6, 6.07) is 14.6. The molecule has 2 aromatic carbocycles. The molecule has 0 radical (unpaired) electrons. The first-order chi connectivity index (χ1) is 17.7. The molecule has 6 rings (SSSR count). The van der Waals surface area contributed by atoms with Crippen LogP contribution >= 0.6 is 0 Å². The molecule has 3 fully saturated rings. The van der Waals surface area contributed by atoms with Crippen LogP contribution < -0.4 is 15.8 Å². The van der Waals surface area contributed by atoms with Gasteiger partial charge in [0.1, 0.15) is 11.9 Å². The number of carbonyl (C=O) groups is 1. The third-order valence-corrected chi connectivity index (χ3v) is 9.53. The van der Waals surface area contributed by atoms with E-state index >= 15 is 0 Å². The van der Waals surface area contributed by atoms with Gasteiger partial charge in [-0.05, 0) is 75.6 Å². The van der Waals surface area contributed by atoms with E-state index in [1.807, 2.05) is 37.3 Å². The van der Waals surface area contributed by atoms with Crippen LogP contribution in [0.15, 0.2) is 42.5 Å². The molecule has 1 amide bonds. The number of nitrogen functional groups attached to an aromatic ring is 1. The van der Waals surface area contributed by atoms with Gasteiger partial charge >= 0.3 is 6.09 Å². The number of rotatable bonds is 6. The van der Waals surface area contributed by atoms with Crippen molar-refractivity contribution in [3.05, 3.63) is 42.5 Å². The van der Waals surface area contributed by atoms with Crippen molar-refractivity contribution in [2.24, 2.45) is 16.7 Å². The van der Waals surface area contributed by atoms with Gasteiger partial charge in [-0.2, -0.15) is 0 Å². The van der Waals surface area contributed by atoms with E-state index < -0.39 is 0 Å². The number of benzene rings is 2. The van der Waals surface area contributed by atoms with Crippen molar-refractivity contribution < 1.29 is 14.3 Å². The molecular weight excluding hydrogens is 462 g/mol. The number of nitrogens with two attached hydrogens (primary N) is 1. The van der Waals surface area contributed by atoms with Crippen LogP contribution in [0.4, 0.5) is 16.2 Å². The molecule has 196 valence electrons. The predicted octanol–water partition coefficient (Wildman–Crippen LogP) is 7.78. The second-order valence-corrected chi connectivity index (χ2v) is 12.2. The maximum absolute atomic E-state index is 12.9. The lowest BCUT2D eigenvalue weighted by molar-refractivity contribution is -0.0408. The Morgan fingerprint density at radius 3 is 2.49 bits per heavy atom. The van der Waals surface area contributed by atoms with Crippen LogP contribution in [-0.4, -0.2) is 23.4 Å². The van der Waals surface area contributed by atoms with Gasteiger partial charge in [-0.3, -0.25) is 5.32 Å². The Morgan fingerprint density at radius 2 is 1.86 bits per heavy atom. The minimum absolute atomic E-state index is 0.0166. The third kappa shape index (κ3) is 3.87. The molecule has 3 aliphatic carbocycles. The summed E-state index contributed by atoms with van der Waals surface area (Å²) in [6.45, 7) is 9.40. The van der Waals surface area contributed by atoms with Crippen molar-refractivity contribution >= 4 is 28.4 Å². The van der Waals surface area contributed by atoms with Gasteiger partial charge in [-0.15, -0.1) is 0 Å². The average molecular weight is 502 g/mol. The fourth-order valence-corrected chi connectivity index (χ4v) is 7.41. The zero-order valence-corrected chi connectivity index (χ0v) is 22.5. The summed E-state index contributed by atoms with van der Waals surface area (Å²) in [5, 5.41) is 4.02. The minimum Gasteiger partial charge on any atom is -0.494 e. The smallest absolute Gasteiger partial charge is 0.411 e. The maximum Gasteiger partial charge on any atom is 0.411 e. The summed E-state index contributed by atoms with van der Waals surface area (Å²) in [4.78, 5) is 12.9. The lowest BCUT2D eigenvalue weighted by atomic mass is 9.70. The van der Waals surface area contributed by atoms with E-state index in [9.17, 15) is 4.79 Å². The topological polar surface area (TPSA) is 78.5 Å². The first-order valence-electron chi connectivity index (χ1n) is 13.9. The number of hydrogen-bond acceptors (Lipinski definition) is 4. The van der Waals surface area contributed by atoms with Crippen LogP contribution in [0.5, 0.6) is 5.75 Å². The van der Waals surface area contributed by atoms with Gasteiger partial charge in [0.15, 0.2) is 0 Å². The Balaban J connectivity index is 1.25. The Labute approximate surface area is 219 Å². The van der Waals surface area contributed by atoms with Crippen LogP contribution in [0, 0.1) is 16.7 Å². The zero-order valence-electron chi connectivity index (χ0n) is 22.5. The lowest BCUT2D eigenvalue weighted by Crippen LogP contribution is -2.44. The van der Waals surface area contributed by atoms with Gasteiger partial charge in [0.25, 0.3) is 0 Å². The second-order valence-electron chi connectivity index (χ2n) is 12.2. The summed E-state index contributed by atoms with van der Waals surface area (Å²) in [5.74, 6) is 1.50. The highest BCUT2D eigenvalue weighted by atomic mass is 16.6. The van der Waals surface area contributed by atoms with Crippen molar-refractivity contribution in [2.45, 2.75) is 78.4 Å². The molecule has 3 N–H and O–H groups in total. The molecule has 6 nitrogen and oxygen atoms in total. The van der Waals surface area contributed by atoms with Gasteiger partial charge in [-0.25, -0.2) is 4.79 Å². The number of nitrogens with zero attached hydrogens (tertiary/aromatic N) is 1. The van der Waals surface area contributed by atoms with Crippen molar-refractivity contribution in [3.63, 3.8) is 0 Å². The van der Waals surface area contributed by atoms with E-state index in [2.05, 4.69) is 42.8 Å². The van der Waals surface area contributed by atoms with Crippen LogP contribution in [-0.2, 0) is 4.74 Å². The molecule has 3 unspecified atom stereocenters. The Kier molecular flexibility index (Phi) is 5.70. The number of fused-ring (bicyclic) bond motifs is 3. The van der Waals surface area contributed by atoms with Crippen LogP contribution in [0.25, 0.3) is 22.2 Å². The van der Waals surface area contributed by atoms with Crippen molar-refractivity contribution in [2.75, 3.05) is 17.7 Å². The first kappa shape index (κ1) is 24.2. The van der Waals surface area contributed by atoms with E-state index in [-0.39, 0.29) is 23.0 Å². The van der Waals surface area contributed by atoms with Crippen molar-refractivity contribution in [1.82, 2.24) is 4.57 Å². The summed E-state index contributed by atoms with van der Waals surface area (Å²) in [6.07, 6.45) is 6.63. The summed E-state index contributed by atoms with van der Waals surface area (Å²) in [5.41, 5.74) is 11.6. The maximum atomic E-state index is 12.9. The summed E-state index contributed by atoms with van der Waals surface area (Å²) < 4.78 is 14.2. The molecule has 3 atom stereocenters.